The second-order valence-electron chi connectivity index (χ2n) is 9.46. The lowest BCUT2D eigenvalue weighted by Gasteiger charge is -2.44. The number of rotatable bonds is 5. The molecule has 1 fully saturated rings. The van der Waals surface area contributed by atoms with Crippen LogP contribution in [0, 0.1) is 0 Å². The van der Waals surface area contributed by atoms with E-state index in [4.69, 9.17) is 9.47 Å². The van der Waals surface area contributed by atoms with Crippen molar-refractivity contribution in [3.05, 3.63) is 54.2 Å². The Balaban J connectivity index is 1.61. The number of nitrogens with zero attached hydrogens (tertiary/aromatic N) is 2. The number of hydrogen-bond acceptors (Lipinski definition) is 4. The van der Waals surface area contributed by atoms with Gasteiger partial charge in [0.1, 0.15) is 22.7 Å². The summed E-state index contributed by atoms with van der Waals surface area (Å²) in [5.74, 6) is 1.08. The van der Waals surface area contributed by atoms with Crippen LogP contribution >= 0.6 is 0 Å². The molecule has 7 heteroatoms. The van der Waals surface area contributed by atoms with Crippen LogP contribution in [0.5, 0.6) is 11.5 Å². The van der Waals surface area contributed by atoms with Crippen LogP contribution in [0.1, 0.15) is 49.5 Å². The zero-order valence-corrected chi connectivity index (χ0v) is 20.0. The first-order valence-corrected chi connectivity index (χ1v) is 11.9. The number of aromatic nitrogens is 1. The molecule has 0 bridgehead atoms. The molecule has 1 saturated carbocycles. The molecule has 0 saturated heterocycles. The highest BCUT2D eigenvalue weighted by atomic mass is 16.5. The zero-order valence-electron chi connectivity index (χ0n) is 20.0. The first-order chi connectivity index (χ1) is 16.4. The van der Waals surface area contributed by atoms with Gasteiger partial charge in [0.05, 0.1) is 26.3 Å². The van der Waals surface area contributed by atoms with Crippen LogP contribution in [-0.4, -0.2) is 42.2 Å². The molecule has 3 aromatic rings. The van der Waals surface area contributed by atoms with Crippen LogP contribution < -0.4 is 19.7 Å². The maximum atomic E-state index is 14.0. The first kappa shape index (κ1) is 22.3. The summed E-state index contributed by atoms with van der Waals surface area (Å²) in [4.78, 5) is 29.5. The maximum absolute atomic E-state index is 14.0. The molecule has 2 aromatic carbocycles. The summed E-state index contributed by atoms with van der Waals surface area (Å²) in [7, 11) is 3.23. The first-order valence-electron chi connectivity index (χ1n) is 11.9. The highest BCUT2D eigenvalue weighted by Gasteiger charge is 2.49. The predicted octanol–water partition coefficient (Wildman–Crippen LogP) is 4.53. The Morgan fingerprint density at radius 1 is 0.971 bits per heavy atom. The maximum Gasteiger partial charge on any atom is 0.275 e. The molecule has 0 radical (unpaired) electrons. The standard InChI is InChI=1S/C27H31N3O4/c1-27(26(32)28-19-7-5-4-6-8-19)17-29-23-16-22(34-3)12-9-18(23)15-24(29)25(31)30(27)20-10-13-21(33-2)14-11-20/h9-16,19H,4-8,17H2,1-3H3,(H,28,32)/t27-/m0/s1. The van der Waals surface area contributed by atoms with Crippen molar-refractivity contribution >= 4 is 28.4 Å². The van der Waals surface area contributed by atoms with Gasteiger partial charge in [-0.25, -0.2) is 0 Å². The lowest BCUT2D eigenvalue weighted by molar-refractivity contribution is -0.127. The van der Waals surface area contributed by atoms with E-state index in [9.17, 15) is 9.59 Å². The van der Waals surface area contributed by atoms with Crippen molar-refractivity contribution in [1.29, 1.82) is 0 Å². The van der Waals surface area contributed by atoms with Gasteiger partial charge in [-0.05, 0) is 62.2 Å². The summed E-state index contributed by atoms with van der Waals surface area (Å²) in [5, 5.41) is 4.21. The van der Waals surface area contributed by atoms with E-state index < -0.39 is 5.54 Å². The van der Waals surface area contributed by atoms with Gasteiger partial charge >= 0.3 is 0 Å². The van der Waals surface area contributed by atoms with Crippen molar-refractivity contribution in [1.82, 2.24) is 9.88 Å². The molecule has 1 aliphatic carbocycles. The summed E-state index contributed by atoms with van der Waals surface area (Å²) >= 11 is 0. The number of benzene rings is 2. The number of carbonyl (C=O) groups excluding carboxylic acids is 2. The fourth-order valence-electron chi connectivity index (χ4n) is 5.32. The lowest BCUT2D eigenvalue weighted by Crippen LogP contribution is -2.65. The van der Waals surface area contributed by atoms with E-state index in [1.54, 1.807) is 19.1 Å². The molecule has 1 N–H and O–H groups in total. The minimum atomic E-state index is -1.11. The third-order valence-corrected chi connectivity index (χ3v) is 7.25. The van der Waals surface area contributed by atoms with Crippen LogP contribution in [0.15, 0.2) is 48.5 Å². The average Bonchev–Trinajstić information content (AvgIpc) is 3.22. The number of ether oxygens (including phenoxy) is 2. The van der Waals surface area contributed by atoms with E-state index in [1.807, 2.05) is 60.0 Å². The summed E-state index contributed by atoms with van der Waals surface area (Å²) in [6.45, 7) is 2.21. The third-order valence-electron chi connectivity index (χ3n) is 7.25. The Morgan fingerprint density at radius 3 is 2.32 bits per heavy atom. The quantitative estimate of drug-likeness (QED) is 0.606. The predicted molar refractivity (Wildman–Crippen MR) is 132 cm³/mol. The van der Waals surface area contributed by atoms with E-state index in [0.717, 1.165) is 36.6 Å². The van der Waals surface area contributed by atoms with E-state index in [-0.39, 0.29) is 17.9 Å². The van der Waals surface area contributed by atoms with Gasteiger partial charge in [-0.2, -0.15) is 0 Å². The highest BCUT2D eigenvalue weighted by Crippen LogP contribution is 2.37. The number of hydrogen-bond donors (Lipinski definition) is 1. The molecule has 34 heavy (non-hydrogen) atoms. The lowest BCUT2D eigenvalue weighted by atomic mass is 9.91. The van der Waals surface area contributed by atoms with Crippen LogP contribution in [0.2, 0.25) is 0 Å². The summed E-state index contributed by atoms with van der Waals surface area (Å²) in [5.41, 5.74) is 1.00. The molecule has 1 aliphatic heterocycles. The highest BCUT2D eigenvalue weighted by molar-refractivity contribution is 6.14. The molecular weight excluding hydrogens is 430 g/mol. The SMILES string of the molecule is COc1ccc(N2C(=O)c3cc4ccc(OC)cc4n3C[C@@]2(C)C(=O)NC2CCCCC2)cc1. The van der Waals surface area contributed by atoms with Gasteiger partial charge in [0.15, 0.2) is 0 Å². The van der Waals surface area contributed by atoms with Gasteiger partial charge in [-0.1, -0.05) is 19.3 Å². The summed E-state index contributed by atoms with van der Waals surface area (Å²) < 4.78 is 12.7. The number of carbonyl (C=O) groups is 2. The van der Waals surface area contributed by atoms with Gasteiger partial charge in [0.2, 0.25) is 5.91 Å². The Hall–Kier alpha value is -3.48. The number of methoxy groups -OCH3 is 2. The van der Waals surface area contributed by atoms with Gasteiger partial charge in [-0.3, -0.25) is 14.5 Å². The van der Waals surface area contributed by atoms with Gasteiger partial charge in [0, 0.05) is 23.2 Å². The third kappa shape index (κ3) is 3.69. The fourth-order valence-corrected chi connectivity index (χ4v) is 5.32. The molecular formula is C27H31N3O4. The molecule has 5 rings (SSSR count). The smallest absolute Gasteiger partial charge is 0.275 e. The van der Waals surface area contributed by atoms with E-state index >= 15 is 0 Å². The van der Waals surface area contributed by atoms with E-state index in [0.29, 0.717) is 29.4 Å². The molecule has 178 valence electrons. The van der Waals surface area contributed by atoms with Crippen LogP contribution in [0.25, 0.3) is 10.9 Å². The molecule has 1 aromatic heterocycles. The minimum Gasteiger partial charge on any atom is -0.497 e. The minimum absolute atomic E-state index is 0.126. The van der Waals surface area contributed by atoms with E-state index in [2.05, 4.69) is 5.32 Å². The van der Waals surface area contributed by atoms with E-state index in [1.165, 1.54) is 6.42 Å². The van der Waals surface area contributed by atoms with Crippen LogP contribution in [-0.2, 0) is 11.3 Å². The van der Waals surface area contributed by atoms with Crippen LogP contribution in [0.3, 0.4) is 0 Å². The molecule has 7 nitrogen and oxygen atoms in total. The number of amides is 2. The van der Waals surface area contributed by atoms with Gasteiger partial charge in [0.25, 0.3) is 5.91 Å². The second kappa shape index (κ2) is 8.70. The molecule has 2 amide bonds. The normalized spacial score (nSPS) is 20.8. The molecule has 0 spiro atoms. The summed E-state index contributed by atoms with van der Waals surface area (Å²) in [6.07, 6.45) is 5.41. The Bertz CT molecular complexity index is 1230. The van der Waals surface area contributed by atoms with Gasteiger partial charge < -0.3 is 19.4 Å². The number of anilines is 1. The molecule has 1 atom stereocenters. The monoisotopic (exact) mass is 461 g/mol. The average molecular weight is 462 g/mol. The largest absolute Gasteiger partial charge is 0.497 e. The fraction of sp³-hybridized carbons (Fsp3) is 0.407. The molecule has 0 unspecified atom stereocenters. The second-order valence-corrected chi connectivity index (χ2v) is 9.46. The summed E-state index contributed by atoms with van der Waals surface area (Å²) in [6, 6.07) is 15.1. The van der Waals surface area contributed by atoms with Crippen molar-refractivity contribution in [3.8, 4) is 11.5 Å². The Morgan fingerprint density at radius 2 is 1.65 bits per heavy atom. The van der Waals surface area contributed by atoms with Crippen molar-refractivity contribution in [3.63, 3.8) is 0 Å². The number of nitrogens with one attached hydrogen (secondary N) is 1. The van der Waals surface area contributed by atoms with Gasteiger partial charge in [-0.15, -0.1) is 0 Å². The molecule has 2 aliphatic rings. The van der Waals surface area contributed by atoms with Crippen molar-refractivity contribution < 1.29 is 19.1 Å². The van der Waals surface area contributed by atoms with Crippen LogP contribution in [0.4, 0.5) is 5.69 Å². The zero-order chi connectivity index (χ0) is 23.9. The molecule has 2 heterocycles. The van der Waals surface area contributed by atoms with Crippen molar-refractivity contribution in [2.75, 3.05) is 19.1 Å². The Labute approximate surface area is 199 Å². The number of fused-ring (bicyclic) bond motifs is 3. The van der Waals surface area contributed by atoms with Crippen molar-refractivity contribution in [2.24, 2.45) is 0 Å². The topological polar surface area (TPSA) is 72.8 Å². The van der Waals surface area contributed by atoms with Crippen molar-refractivity contribution in [2.45, 2.75) is 57.2 Å². The Kier molecular flexibility index (Phi) is 5.71.